The Kier molecular flexibility index (Phi) is 2.37. The van der Waals surface area contributed by atoms with Gasteiger partial charge in [0.15, 0.2) is 5.76 Å². The third-order valence-electron chi connectivity index (χ3n) is 2.64. The van der Waals surface area contributed by atoms with Gasteiger partial charge in [-0.05, 0) is 25.1 Å². The smallest absolute Gasteiger partial charge is 0.292 e. The molecule has 0 unspecified atom stereocenters. The molecule has 0 aliphatic heterocycles. The highest BCUT2D eigenvalue weighted by atomic mass is 16.3. The van der Waals surface area contributed by atoms with Gasteiger partial charge in [-0.15, -0.1) is 0 Å². The third-order valence-corrected chi connectivity index (χ3v) is 2.64. The van der Waals surface area contributed by atoms with Crippen LogP contribution >= 0.6 is 0 Å². The number of nitrogens with zero attached hydrogens (tertiary/aromatic N) is 1. The van der Waals surface area contributed by atoms with Crippen molar-refractivity contribution in [1.29, 1.82) is 0 Å². The molecular weight excluding hydrogens is 230 g/mol. The number of hydrogen-bond acceptors (Lipinski definition) is 3. The van der Waals surface area contributed by atoms with Gasteiger partial charge in [0.25, 0.3) is 5.91 Å². The maximum absolute atomic E-state index is 11.9. The Bertz CT molecular complexity index is 698. The molecule has 0 saturated carbocycles. The van der Waals surface area contributed by atoms with Gasteiger partial charge in [-0.3, -0.25) is 9.89 Å². The molecule has 0 radical (unpaired) electrons. The van der Waals surface area contributed by atoms with Crippen molar-refractivity contribution in [1.82, 2.24) is 10.2 Å². The molecule has 2 heterocycles. The van der Waals surface area contributed by atoms with Gasteiger partial charge in [-0.25, -0.2) is 0 Å². The molecular formula is C13H11N3O2. The van der Waals surface area contributed by atoms with Crippen molar-refractivity contribution in [2.45, 2.75) is 6.92 Å². The first-order valence-corrected chi connectivity index (χ1v) is 5.53. The van der Waals surface area contributed by atoms with Crippen LogP contribution in [-0.4, -0.2) is 16.1 Å². The highest BCUT2D eigenvalue weighted by Crippen LogP contribution is 2.21. The fourth-order valence-electron chi connectivity index (χ4n) is 1.78. The number of aryl methyl sites for hydroxylation is 1. The first-order chi connectivity index (χ1) is 8.72. The lowest BCUT2D eigenvalue weighted by molar-refractivity contribution is 0.0998. The fourth-order valence-corrected chi connectivity index (χ4v) is 1.78. The van der Waals surface area contributed by atoms with Gasteiger partial charge in [0, 0.05) is 11.5 Å². The first-order valence-electron chi connectivity index (χ1n) is 5.53. The molecule has 3 aromatic rings. The van der Waals surface area contributed by atoms with E-state index in [9.17, 15) is 4.79 Å². The Morgan fingerprint density at radius 2 is 2.22 bits per heavy atom. The van der Waals surface area contributed by atoms with E-state index in [1.807, 2.05) is 25.1 Å². The van der Waals surface area contributed by atoms with Gasteiger partial charge in [0.2, 0.25) is 0 Å². The molecule has 0 bridgehead atoms. The van der Waals surface area contributed by atoms with Crippen LogP contribution in [0.25, 0.3) is 11.0 Å². The molecule has 0 aliphatic carbocycles. The van der Waals surface area contributed by atoms with Gasteiger partial charge < -0.3 is 9.73 Å². The van der Waals surface area contributed by atoms with Crippen molar-refractivity contribution >= 4 is 22.7 Å². The molecule has 0 aliphatic rings. The van der Waals surface area contributed by atoms with E-state index in [-0.39, 0.29) is 11.7 Å². The summed E-state index contributed by atoms with van der Waals surface area (Å²) >= 11 is 0. The molecule has 2 aromatic heterocycles. The van der Waals surface area contributed by atoms with E-state index in [0.717, 1.165) is 10.9 Å². The molecule has 5 nitrogen and oxygen atoms in total. The number of carbonyl (C=O) groups excluding carboxylic acids is 1. The standard InChI is InChI=1S/C13H11N3O2/c1-8-2-3-10-9(6-8)7-11(18-10)13(17)15-12-4-5-14-16-12/h2-7H,1H3,(H2,14,15,16,17). The lowest BCUT2D eigenvalue weighted by Crippen LogP contribution is -2.10. The third kappa shape index (κ3) is 1.86. The van der Waals surface area contributed by atoms with Gasteiger partial charge in [-0.2, -0.15) is 5.10 Å². The monoisotopic (exact) mass is 241 g/mol. The number of fused-ring (bicyclic) bond motifs is 1. The Hall–Kier alpha value is -2.56. The zero-order valence-corrected chi connectivity index (χ0v) is 9.73. The van der Waals surface area contributed by atoms with Crippen molar-refractivity contribution in [2.75, 3.05) is 5.32 Å². The van der Waals surface area contributed by atoms with Crippen LogP contribution in [0.5, 0.6) is 0 Å². The minimum absolute atomic E-state index is 0.283. The van der Waals surface area contributed by atoms with E-state index in [1.54, 1.807) is 18.3 Å². The van der Waals surface area contributed by atoms with Crippen molar-refractivity contribution in [3.05, 3.63) is 47.9 Å². The second-order valence-electron chi connectivity index (χ2n) is 4.08. The molecule has 5 heteroatoms. The van der Waals surface area contributed by atoms with Crippen molar-refractivity contribution in [3.63, 3.8) is 0 Å². The number of anilines is 1. The molecule has 0 atom stereocenters. The summed E-state index contributed by atoms with van der Waals surface area (Å²) in [4.78, 5) is 11.9. The number of benzene rings is 1. The van der Waals surface area contributed by atoms with Crippen LogP contribution in [0.15, 0.2) is 40.9 Å². The Labute approximate surface area is 103 Å². The lowest BCUT2D eigenvalue weighted by atomic mass is 10.2. The number of carbonyl (C=O) groups is 1. The molecule has 1 amide bonds. The molecule has 0 spiro atoms. The summed E-state index contributed by atoms with van der Waals surface area (Å²) in [5.74, 6) is 0.523. The highest BCUT2D eigenvalue weighted by molar-refractivity contribution is 6.04. The second kappa shape index (κ2) is 4.03. The molecule has 0 fully saturated rings. The quantitative estimate of drug-likeness (QED) is 0.724. The number of aromatic amines is 1. The van der Waals surface area contributed by atoms with Crippen LogP contribution in [0.2, 0.25) is 0 Å². The average molecular weight is 241 g/mol. The van der Waals surface area contributed by atoms with Crippen LogP contribution in [-0.2, 0) is 0 Å². The zero-order chi connectivity index (χ0) is 12.5. The molecule has 90 valence electrons. The summed E-state index contributed by atoms with van der Waals surface area (Å²) in [6.07, 6.45) is 1.57. The second-order valence-corrected chi connectivity index (χ2v) is 4.08. The Balaban J connectivity index is 1.92. The van der Waals surface area contributed by atoms with E-state index in [0.29, 0.717) is 11.4 Å². The van der Waals surface area contributed by atoms with Crippen molar-refractivity contribution in [2.24, 2.45) is 0 Å². The largest absolute Gasteiger partial charge is 0.451 e. The maximum Gasteiger partial charge on any atom is 0.292 e. The van der Waals surface area contributed by atoms with Crippen molar-refractivity contribution < 1.29 is 9.21 Å². The van der Waals surface area contributed by atoms with E-state index in [2.05, 4.69) is 15.5 Å². The summed E-state index contributed by atoms with van der Waals surface area (Å²) in [7, 11) is 0. The van der Waals surface area contributed by atoms with E-state index in [4.69, 9.17) is 4.42 Å². The summed E-state index contributed by atoms with van der Waals surface area (Å²) in [5.41, 5.74) is 1.83. The summed E-state index contributed by atoms with van der Waals surface area (Å²) in [5, 5.41) is 9.99. The fraction of sp³-hybridized carbons (Fsp3) is 0.0769. The average Bonchev–Trinajstić information content (AvgIpc) is 2.96. The molecule has 18 heavy (non-hydrogen) atoms. The van der Waals surface area contributed by atoms with Gasteiger partial charge in [0.1, 0.15) is 11.4 Å². The normalized spacial score (nSPS) is 10.7. The molecule has 3 rings (SSSR count). The molecule has 0 saturated heterocycles. The van der Waals surface area contributed by atoms with Crippen LogP contribution in [0, 0.1) is 6.92 Å². The Morgan fingerprint density at radius 1 is 1.33 bits per heavy atom. The van der Waals surface area contributed by atoms with Crippen LogP contribution < -0.4 is 5.32 Å². The predicted octanol–water partition coefficient (Wildman–Crippen LogP) is 2.72. The number of rotatable bonds is 2. The van der Waals surface area contributed by atoms with E-state index >= 15 is 0 Å². The topological polar surface area (TPSA) is 70.9 Å². The molecule has 1 aromatic carbocycles. The van der Waals surface area contributed by atoms with Crippen LogP contribution in [0.1, 0.15) is 16.1 Å². The minimum Gasteiger partial charge on any atom is -0.451 e. The summed E-state index contributed by atoms with van der Waals surface area (Å²) in [6, 6.07) is 9.19. The first kappa shape index (κ1) is 10.6. The van der Waals surface area contributed by atoms with E-state index in [1.165, 1.54) is 0 Å². The highest BCUT2D eigenvalue weighted by Gasteiger charge is 2.12. The predicted molar refractivity (Wildman–Crippen MR) is 67.5 cm³/mol. The zero-order valence-electron chi connectivity index (χ0n) is 9.73. The molecule has 2 N–H and O–H groups in total. The van der Waals surface area contributed by atoms with Crippen LogP contribution in [0.3, 0.4) is 0 Å². The number of aromatic nitrogens is 2. The summed E-state index contributed by atoms with van der Waals surface area (Å²) < 4.78 is 5.49. The number of furan rings is 1. The van der Waals surface area contributed by atoms with E-state index < -0.39 is 0 Å². The minimum atomic E-state index is -0.298. The van der Waals surface area contributed by atoms with Gasteiger partial charge >= 0.3 is 0 Å². The Morgan fingerprint density at radius 3 is 3.00 bits per heavy atom. The van der Waals surface area contributed by atoms with Crippen molar-refractivity contribution in [3.8, 4) is 0 Å². The maximum atomic E-state index is 11.9. The lowest BCUT2D eigenvalue weighted by Gasteiger charge is -1.97. The van der Waals surface area contributed by atoms with Crippen LogP contribution in [0.4, 0.5) is 5.82 Å². The summed E-state index contributed by atoms with van der Waals surface area (Å²) in [6.45, 7) is 2.00. The van der Waals surface area contributed by atoms with Gasteiger partial charge in [-0.1, -0.05) is 11.6 Å². The number of amides is 1. The number of nitrogens with one attached hydrogen (secondary N) is 2. The SMILES string of the molecule is Cc1ccc2oc(C(=O)Nc3ccn[nH]3)cc2c1. The number of hydrogen-bond donors (Lipinski definition) is 2. The van der Waals surface area contributed by atoms with Gasteiger partial charge in [0.05, 0.1) is 6.20 Å². The number of H-pyrrole nitrogens is 1.